The molecule has 0 aliphatic rings. The van der Waals surface area contributed by atoms with Gasteiger partial charge in [0.1, 0.15) is 5.75 Å². The second kappa shape index (κ2) is 13.3. The Morgan fingerprint density at radius 3 is 2.00 bits per heavy atom. The number of hydrogen-bond acceptors (Lipinski definition) is 4. The van der Waals surface area contributed by atoms with Crippen molar-refractivity contribution in [3.8, 4) is 5.75 Å². The molecule has 0 saturated carbocycles. The highest BCUT2D eigenvalue weighted by atomic mass is 32.2. The lowest BCUT2D eigenvalue weighted by Crippen LogP contribution is -2.26. The normalized spacial score (nSPS) is 11.9. The SMILES string of the molecule is C=CCN(CC=C)CCCCCCOc1ccc(N(C)S(=O)(=O)c2ccc(C(F)(F)F)cc2)cc1. The summed E-state index contributed by atoms with van der Waals surface area (Å²) in [6, 6.07) is 10.0. The van der Waals surface area contributed by atoms with Gasteiger partial charge < -0.3 is 4.74 Å². The maximum atomic E-state index is 12.8. The van der Waals surface area contributed by atoms with Crippen molar-refractivity contribution in [2.75, 3.05) is 37.6 Å². The Labute approximate surface area is 206 Å². The third kappa shape index (κ3) is 8.74. The van der Waals surface area contributed by atoms with E-state index in [1.54, 1.807) is 24.3 Å². The van der Waals surface area contributed by atoms with Crippen LogP contribution in [0.4, 0.5) is 18.9 Å². The van der Waals surface area contributed by atoms with Gasteiger partial charge in [-0.15, -0.1) is 13.2 Å². The van der Waals surface area contributed by atoms with E-state index in [2.05, 4.69) is 18.1 Å². The molecule has 0 aliphatic carbocycles. The zero-order valence-electron chi connectivity index (χ0n) is 20.0. The number of rotatable bonds is 15. The molecule has 5 nitrogen and oxygen atoms in total. The average molecular weight is 511 g/mol. The average Bonchev–Trinajstić information content (AvgIpc) is 2.83. The van der Waals surface area contributed by atoms with Gasteiger partial charge in [-0.2, -0.15) is 13.2 Å². The minimum absolute atomic E-state index is 0.217. The molecule has 0 radical (unpaired) electrons. The van der Waals surface area contributed by atoms with Crippen LogP contribution in [0.5, 0.6) is 5.75 Å². The van der Waals surface area contributed by atoms with Crippen LogP contribution in [0.2, 0.25) is 0 Å². The number of hydrogen-bond donors (Lipinski definition) is 0. The summed E-state index contributed by atoms with van der Waals surface area (Å²) in [6.07, 6.45) is 3.40. The highest BCUT2D eigenvalue weighted by Crippen LogP contribution is 2.31. The van der Waals surface area contributed by atoms with Gasteiger partial charge in [-0.05, 0) is 67.9 Å². The van der Waals surface area contributed by atoms with Crippen LogP contribution in [-0.4, -0.2) is 46.6 Å². The zero-order valence-corrected chi connectivity index (χ0v) is 20.8. The molecule has 0 saturated heterocycles. The molecule has 0 aromatic heterocycles. The van der Waals surface area contributed by atoms with Crippen LogP contribution in [0.1, 0.15) is 31.2 Å². The molecule has 0 fully saturated rings. The van der Waals surface area contributed by atoms with Gasteiger partial charge in [0.05, 0.1) is 22.8 Å². The van der Waals surface area contributed by atoms with Gasteiger partial charge in [-0.25, -0.2) is 8.42 Å². The minimum atomic E-state index is -4.53. The first-order valence-electron chi connectivity index (χ1n) is 11.4. The van der Waals surface area contributed by atoms with Crippen molar-refractivity contribution >= 4 is 15.7 Å². The van der Waals surface area contributed by atoms with E-state index in [-0.39, 0.29) is 4.90 Å². The largest absolute Gasteiger partial charge is 0.494 e. The van der Waals surface area contributed by atoms with Crippen molar-refractivity contribution in [1.29, 1.82) is 0 Å². The van der Waals surface area contributed by atoms with Crippen molar-refractivity contribution in [2.45, 2.75) is 36.8 Å². The first-order chi connectivity index (χ1) is 16.6. The Morgan fingerprint density at radius 2 is 1.46 bits per heavy atom. The third-order valence-electron chi connectivity index (χ3n) is 5.45. The molecule has 9 heteroatoms. The molecule has 192 valence electrons. The molecular weight excluding hydrogens is 477 g/mol. The molecule has 0 heterocycles. The maximum absolute atomic E-state index is 12.8. The summed E-state index contributed by atoms with van der Waals surface area (Å²) >= 11 is 0. The number of ether oxygens (including phenoxy) is 1. The fourth-order valence-corrected chi connectivity index (χ4v) is 4.66. The van der Waals surface area contributed by atoms with E-state index >= 15 is 0 Å². The van der Waals surface area contributed by atoms with Gasteiger partial charge in [0, 0.05) is 20.1 Å². The van der Waals surface area contributed by atoms with Crippen LogP contribution in [0.15, 0.2) is 78.7 Å². The van der Waals surface area contributed by atoms with Crippen molar-refractivity contribution in [3.63, 3.8) is 0 Å². The van der Waals surface area contributed by atoms with Crippen LogP contribution in [0.25, 0.3) is 0 Å². The molecule has 2 aromatic rings. The molecule has 0 bridgehead atoms. The van der Waals surface area contributed by atoms with E-state index in [4.69, 9.17) is 4.74 Å². The summed E-state index contributed by atoms with van der Waals surface area (Å²) in [5.41, 5.74) is -0.524. The van der Waals surface area contributed by atoms with E-state index in [0.717, 1.165) is 73.9 Å². The smallest absolute Gasteiger partial charge is 0.416 e. The number of alkyl halides is 3. The third-order valence-corrected chi connectivity index (χ3v) is 7.25. The van der Waals surface area contributed by atoms with Gasteiger partial charge in [-0.1, -0.05) is 25.0 Å². The summed E-state index contributed by atoms with van der Waals surface area (Å²) in [6.45, 7) is 10.8. The van der Waals surface area contributed by atoms with E-state index in [1.165, 1.54) is 7.05 Å². The highest BCUT2D eigenvalue weighted by Gasteiger charge is 2.31. The second-order valence-electron chi connectivity index (χ2n) is 8.09. The summed E-state index contributed by atoms with van der Waals surface area (Å²) in [7, 11) is -2.64. The van der Waals surface area contributed by atoms with Gasteiger partial charge >= 0.3 is 6.18 Å². The number of nitrogens with zero attached hydrogens (tertiary/aromatic N) is 2. The molecule has 0 spiro atoms. The van der Waals surface area contributed by atoms with E-state index < -0.39 is 21.8 Å². The molecule has 35 heavy (non-hydrogen) atoms. The summed E-state index contributed by atoms with van der Waals surface area (Å²) in [5.74, 6) is 0.622. The summed E-state index contributed by atoms with van der Waals surface area (Å²) in [5, 5.41) is 0. The fraction of sp³-hybridized carbons (Fsp3) is 0.385. The Bertz CT molecular complexity index is 1030. The van der Waals surface area contributed by atoms with Gasteiger partial charge in [0.15, 0.2) is 0 Å². The van der Waals surface area contributed by atoms with E-state index in [9.17, 15) is 21.6 Å². The summed E-state index contributed by atoms with van der Waals surface area (Å²) < 4.78 is 70.6. The molecule has 2 rings (SSSR count). The van der Waals surface area contributed by atoms with Crippen LogP contribution >= 0.6 is 0 Å². The van der Waals surface area contributed by atoms with Crippen molar-refractivity contribution in [1.82, 2.24) is 4.90 Å². The minimum Gasteiger partial charge on any atom is -0.494 e. The molecule has 0 amide bonds. The fourth-order valence-electron chi connectivity index (χ4n) is 3.47. The van der Waals surface area contributed by atoms with Crippen molar-refractivity contribution in [2.24, 2.45) is 0 Å². The Balaban J connectivity index is 1.81. The maximum Gasteiger partial charge on any atom is 0.416 e. The van der Waals surface area contributed by atoms with Gasteiger partial charge in [-0.3, -0.25) is 9.21 Å². The van der Waals surface area contributed by atoms with Crippen LogP contribution < -0.4 is 9.04 Å². The molecule has 0 unspecified atom stereocenters. The Kier molecular flexibility index (Phi) is 10.9. The van der Waals surface area contributed by atoms with E-state index in [1.807, 2.05) is 12.2 Å². The first-order valence-corrected chi connectivity index (χ1v) is 12.9. The predicted molar refractivity (Wildman–Crippen MR) is 134 cm³/mol. The zero-order chi connectivity index (χ0) is 25.9. The van der Waals surface area contributed by atoms with Crippen LogP contribution in [0.3, 0.4) is 0 Å². The lowest BCUT2D eigenvalue weighted by molar-refractivity contribution is -0.137. The second-order valence-corrected chi connectivity index (χ2v) is 10.1. The molecular formula is C26H33F3N2O3S. The Hall–Kier alpha value is -2.78. The Morgan fingerprint density at radius 1 is 0.886 bits per heavy atom. The topological polar surface area (TPSA) is 49.9 Å². The standard InChI is InChI=1S/C26H33F3N2O3S/c1-4-18-31(19-5-2)20-8-6-7-9-21-34-24-14-12-23(13-15-24)30(3)35(32,33)25-16-10-22(11-17-25)26(27,28)29/h4-5,10-17H,1-2,6-9,18-21H2,3H3. The number of halogens is 3. The quantitative estimate of drug-likeness (QED) is 0.213. The number of sulfonamides is 1. The molecule has 2 aromatic carbocycles. The predicted octanol–water partition coefficient (Wildman–Crippen LogP) is 6.14. The lowest BCUT2D eigenvalue weighted by atomic mass is 10.2. The van der Waals surface area contributed by atoms with E-state index in [0.29, 0.717) is 18.0 Å². The number of unbranched alkanes of at least 4 members (excludes halogenated alkanes) is 3. The molecule has 0 aliphatic heterocycles. The first kappa shape index (κ1) is 28.5. The van der Waals surface area contributed by atoms with Gasteiger partial charge in [0.25, 0.3) is 10.0 Å². The number of benzene rings is 2. The highest BCUT2D eigenvalue weighted by molar-refractivity contribution is 7.92. The van der Waals surface area contributed by atoms with Gasteiger partial charge in [0.2, 0.25) is 0 Å². The monoisotopic (exact) mass is 510 g/mol. The van der Waals surface area contributed by atoms with Crippen LogP contribution in [-0.2, 0) is 16.2 Å². The van der Waals surface area contributed by atoms with Crippen LogP contribution in [0, 0.1) is 0 Å². The molecule has 0 atom stereocenters. The molecule has 0 N–H and O–H groups in total. The summed E-state index contributed by atoms with van der Waals surface area (Å²) in [4.78, 5) is 2.07. The van der Waals surface area contributed by atoms with Crippen molar-refractivity contribution < 1.29 is 26.3 Å². The number of anilines is 1. The van der Waals surface area contributed by atoms with Crippen molar-refractivity contribution in [3.05, 3.63) is 79.4 Å². The lowest BCUT2D eigenvalue weighted by Gasteiger charge is -2.20.